The fraction of sp³-hybridized carbons (Fsp3) is 0.273. The molecule has 0 heteroatoms. The summed E-state index contributed by atoms with van der Waals surface area (Å²) in [5.41, 5.74) is 6.86. The van der Waals surface area contributed by atoms with Gasteiger partial charge in [0, 0.05) is 22.0 Å². The van der Waals surface area contributed by atoms with Crippen molar-refractivity contribution >= 4 is 0 Å². The average molecular weight is 284 g/mol. The third kappa shape index (κ3) is 1.74. The molecule has 0 saturated carbocycles. The van der Waals surface area contributed by atoms with Gasteiger partial charge in [-0.25, -0.2) is 0 Å². The first-order chi connectivity index (χ1) is 10.3. The zero-order valence-electron chi connectivity index (χ0n) is 13.6. The largest absolute Gasteiger partial charge is 0.115 e. The van der Waals surface area contributed by atoms with Gasteiger partial charge in [0.2, 0.25) is 0 Å². The molecule has 22 heavy (non-hydrogen) atoms. The van der Waals surface area contributed by atoms with E-state index in [2.05, 4.69) is 63.8 Å². The number of hydrogen-bond acceptors (Lipinski definition) is 0. The van der Waals surface area contributed by atoms with Gasteiger partial charge in [-0.15, -0.1) is 12.8 Å². The Morgan fingerprint density at radius 2 is 1.50 bits per heavy atom. The Morgan fingerprint density at radius 1 is 0.773 bits per heavy atom. The maximum Gasteiger partial charge on any atom is 0.0286 e. The van der Waals surface area contributed by atoms with Crippen LogP contribution in [-0.2, 0) is 10.8 Å². The second kappa shape index (κ2) is 4.53. The van der Waals surface area contributed by atoms with E-state index in [1.807, 2.05) is 12.1 Å². The molecule has 1 aliphatic rings. The summed E-state index contributed by atoms with van der Waals surface area (Å²) in [4.78, 5) is 0. The molecule has 0 radical (unpaired) electrons. The number of terminal acetylenes is 2. The normalized spacial score (nSPS) is 16.8. The minimum absolute atomic E-state index is 0.111. The van der Waals surface area contributed by atoms with Crippen molar-refractivity contribution in [1.29, 1.82) is 0 Å². The van der Waals surface area contributed by atoms with Crippen LogP contribution in [0.5, 0.6) is 0 Å². The molecule has 0 nitrogen and oxygen atoms in total. The monoisotopic (exact) mass is 284 g/mol. The Morgan fingerprint density at radius 3 is 2.14 bits per heavy atom. The van der Waals surface area contributed by atoms with Crippen molar-refractivity contribution in [2.24, 2.45) is 0 Å². The second-order valence-electron chi connectivity index (χ2n) is 7.03. The summed E-state index contributed by atoms with van der Waals surface area (Å²) in [6.45, 7) is 8.99. The smallest absolute Gasteiger partial charge is 0.0286 e. The Balaban J connectivity index is 2.44. The lowest BCUT2D eigenvalue weighted by molar-refractivity contribution is 0.519. The van der Waals surface area contributed by atoms with Crippen LogP contribution in [0.4, 0.5) is 0 Å². The van der Waals surface area contributed by atoms with Crippen LogP contribution in [0.15, 0.2) is 36.4 Å². The van der Waals surface area contributed by atoms with Crippen LogP contribution >= 0.6 is 0 Å². The highest BCUT2D eigenvalue weighted by molar-refractivity contribution is 5.64. The average Bonchev–Trinajstić information content (AvgIpc) is 2.52. The minimum Gasteiger partial charge on any atom is -0.115 e. The Kier molecular flexibility index (Phi) is 2.98. The van der Waals surface area contributed by atoms with Crippen molar-refractivity contribution in [2.75, 3.05) is 0 Å². The molecule has 0 unspecified atom stereocenters. The van der Waals surface area contributed by atoms with Crippen LogP contribution < -0.4 is 0 Å². The molecular formula is C22H20. The Hall–Kier alpha value is -2.44. The molecule has 0 bridgehead atoms. The lowest BCUT2D eigenvalue weighted by Gasteiger charge is -2.44. The van der Waals surface area contributed by atoms with Crippen molar-refractivity contribution in [3.8, 4) is 24.7 Å². The van der Waals surface area contributed by atoms with Crippen molar-refractivity contribution in [3.63, 3.8) is 0 Å². The molecule has 0 heterocycles. The fourth-order valence-corrected chi connectivity index (χ4v) is 3.84. The quantitative estimate of drug-likeness (QED) is 0.620. The summed E-state index contributed by atoms with van der Waals surface area (Å²) < 4.78 is 0. The van der Waals surface area contributed by atoms with Crippen LogP contribution in [0, 0.1) is 24.7 Å². The van der Waals surface area contributed by atoms with Crippen LogP contribution in [0.25, 0.3) is 0 Å². The highest BCUT2D eigenvalue weighted by atomic mass is 14.4. The number of benzene rings is 2. The van der Waals surface area contributed by atoms with E-state index >= 15 is 0 Å². The predicted octanol–water partition coefficient (Wildman–Crippen LogP) is 4.61. The highest BCUT2D eigenvalue weighted by Crippen LogP contribution is 2.50. The van der Waals surface area contributed by atoms with Gasteiger partial charge in [-0.3, -0.25) is 0 Å². The molecule has 0 atom stereocenters. The SMILES string of the molecule is C#Cc1ccc2c(c1)C(C)(C)c1cccc(C#C)c1C2(C)C. The van der Waals surface area contributed by atoms with Crippen LogP contribution in [-0.4, -0.2) is 0 Å². The molecule has 0 amide bonds. The molecule has 0 saturated heterocycles. The van der Waals surface area contributed by atoms with Gasteiger partial charge in [-0.05, 0) is 40.5 Å². The maximum atomic E-state index is 5.77. The first kappa shape index (κ1) is 14.5. The third-order valence-electron chi connectivity index (χ3n) is 5.05. The lowest BCUT2D eigenvalue weighted by atomic mass is 9.59. The number of hydrogen-bond donors (Lipinski definition) is 0. The zero-order chi connectivity index (χ0) is 16.1. The third-order valence-corrected chi connectivity index (χ3v) is 5.05. The van der Waals surface area contributed by atoms with Gasteiger partial charge in [0.15, 0.2) is 0 Å². The van der Waals surface area contributed by atoms with Crippen molar-refractivity contribution < 1.29 is 0 Å². The van der Waals surface area contributed by atoms with Gasteiger partial charge >= 0.3 is 0 Å². The van der Waals surface area contributed by atoms with E-state index in [4.69, 9.17) is 12.8 Å². The molecule has 108 valence electrons. The van der Waals surface area contributed by atoms with Gasteiger partial charge in [0.05, 0.1) is 0 Å². The van der Waals surface area contributed by atoms with Crippen LogP contribution in [0.1, 0.15) is 61.1 Å². The van der Waals surface area contributed by atoms with Gasteiger partial charge in [-0.1, -0.05) is 57.7 Å². The first-order valence-corrected chi connectivity index (χ1v) is 7.56. The molecule has 2 aromatic rings. The zero-order valence-corrected chi connectivity index (χ0v) is 13.6. The number of rotatable bonds is 0. The van der Waals surface area contributed by atoms with E-state index in [1.54, 1.807) is 0 Å². The van der Waals surface area contributed by atoms with E-state index in [0.717, 1.165) is 11.1 Å². The summed E-state index contributed by atoms with van der Waals surface area (Å²) in [6, 6.07) is 12.6. The summed E-state index contributed by atoms with van der Waals surface area (Å²) in [7, 11) is 0. The van der Waals surface area contributed by atoms with Crippen molar-refractivity contribution in [2.45, 2.75) is 38.5 Å². The predicted molar refractivity (Wildman–Crippen MR) is 93.0 cm³/mol. The van der Waals surface area contributed by atoms with E-state index in [1.165, 1.54) is 22.3 Å². The molecule has 0 aliphatic heterocycles. The first-order valence-electron chi connectivity index (χ1n) is 7.56. The van der Waals surface area contributed by atoms with E-state index < -0.39 is 0 Å². The molecule has 2 aromatic carbocycles. The Labute approximate surface area is 133 Å². The lowest BCUT2D eigenvalue weighted by Crippen LogP contribution is -2.37. The van der Waals surface area contributed by atoms with Crippen LogP contribution in [0.2, 0.25) is 0 Å². The van der Waals surface area contributed by atoms with E-state index in [9.17, 15) is 0 Å². The second-order valence-corrected chi connectivity index (χ2v) is 7.03. The molecule has 1 aliphatic carbocycles. The highest BCUT2D eigenvalue weighted by Gasteiger charge is 2.42. The molecule has 0 spiro atoms. The van der Waals surface area contributed by atoms with E-state index in [-0.39, 0.29) is 10.8 Å². The minimum atomic E-state index is -0.129. The standard InChI is InChI=1S/C22H20/c1-7-15-12-13-17-19(14-15)21(3,4)18-11-9-10-16(8-2)20(18)22(17,5)6/h1-2,9-14H,3-6H3. The van der Waals surface area contributed by atoms with Gasteiger partial charge in [-0.2, -0.15) is 0 Å². The fourth-order valence-electron chi connectivity index (χ4n) is 3.84. The van der Waals surface area contributed by atoms with Gasteiger partial charge in [0.1, 0.15) is 0 Å². The topological polar surface area (TPSA) is 0 Å². The summed E-state index contributed by atoms with van der Waals surface area (Å²) in [6.07, 6.45) is 11.4. The Bertz CT molecular complexity index is 845. The van der Waals surface area contributed by atoms with E-state index in [0.29, 0.717) is 0 Å². The molecule has 3 rings (SSSR count). The van der Waals surface area contributed by atoms with Gasteiger partial charge in [0.25, 0.3) is 0 Å². The van der Waals surface area contributed by atoms with Crippen molar-refractivity contribution in [1.82, 2.24) is 0 Å². The van der Waals surface area contributed by atoms with Gasteiger partial charge < -0.3 is 0 Å². The molecule has 0 fully saturated rings. The molecular weight excluding hydrogens is 264 g/mol. The molecule has 0 N–H and O–H groups in total. The maximum absolute atomic E-state index is 5.77. The number of fused-ring (bicyclic) bond motifs is 2. The summed E-state index contributed by atoms with van der Waals surface area (Å²) in [5.74, 6) is 5.63. The summed E-state index contributed by atoms with van der Waals surface area (Å²) in [5, 5.41) is 0. The van der Waals surface area contributed by atoms with Crippen molar-refractivity contribution in [3.05, 3.63) is 69.8 Å². The summed E-state index contributed by atoms with van der Waals surface area (Å²) >= 11 is 0. The van der Waals surface area contributed by atoms with Crippen LogP contribution in [0.3, 0.4) is 0 Å². The molecule has 0 aromatic heterocycles.